The number of rotatable bonds is 7. The number of amides is 1. The van der Waals surface area contributed by atoms with Crippen LogP contribution in [0.3, 0.4) is 0 Å². The monoisotopic (exact) mass is 366 g/mol. The number of ether oxygens (including phenoxy) is 2. The third kappa shape index (κ3) is 6.38. The molecule has 26 heavy (non-hydrogen) atoms. The van der Waals surface area contributed by atoms with Crippen molar-refractivity contribution in [2.45, 2.75) is 26.9 Å². The van der Waals surface area contributed by atoms with Crippen LogP contribution in [0.2, 0.25) is 0 Å². The van der Waals surface area contributed by atoms with Gasteiger partial charge in [-0.3, -0.25) is 9.69 Å². The standard InChI is InChI=1S/C19H27FN2O4/c1-13(2)10-22-6-7-25-16(11-22)9-21-18(23)12-26-19(24)15-5-4-14(3)17(20)8-15/h4-5,8,13,16H,6-7,9-12H2,1-3H3,(H,21,23)/t16-/m1/s1. The van der Waals surface area contributed by atoms with Gasteiger partial charge in [0.05, 0.1) is 18.3 Å². The molecule has 1 aromatic rings. The summed E-state index contributed by atoms with van der Waals surface area (Å²) < 4.78 is 24.1. The Morgan fingerprint density at radius 1 is 1.42 bits per heavy atom. The Morgan fingerprint density at radius 2 is 2.19 bits per heavy atom. The van der Waals surface area contributed by atoms with Crippen molar-refractivity contribution < 1.29 is 23.5 Å². The van der Waals surface area contributed by atoms with Gasteiger partial charge < -0.3 is 14.8 Å². The average molecular weight is 366 g/mol. The Kier molecular flexibility index (Phi) is 7.53. The minimum Gasteiger partial charge on any atom is -0.452 e. The Morgan fingerprint density at radius 3 is 2.88 bits per heavy atom. The van der Waals surface area contributed by atoms with Crippen molar-refractivity contribution in [1.82, 2.24) is 10.2 Å². The summed E-state index contributed by atoms with van der Waals surface area (Å²) >= 11 is 0. The lowest BCUT2D eigenvalue weighted by molar-refractivity contribution is -0.125. The Hall–Kier alpha value is -1.99. The van der Waals surface area contributed by atoms with E-state index >= 15 is 0 Å². The van der Waals surface area contributed by atoms with Gasteiger partial charge in [-0.15, -0.1) is 0 Å². The average Bonchev–Trinajstić information content (AvgIpc) is 2.60. The van der Waals surface area contributed by atoms with Gasteiger partial charge in [-0.05, 0) is 30.5 Å². The molecule has 6 nitrogen and oxygen atoms in total. The molecular formula is C19H27FN2O4. The van der Waals surface area contributed by atoms with Crippen molar-refractivity contribution in [3.8, 4) is 0 Å². The van der Waals surface area contributed by atoms with Crippen LogP contribution >= 0.6 is 0 Å². The number of nitrogens with one attached hydrogen (secondary N) is 1. The second kappa shape index (κ2) is 9.64. The van der Waals surface area contributed by atoms with Gasteiger partial charge in [0.15, 0.2) is 6.61 Å². The van der Waals surface area contributed by atoms with Crippen LogP contribution in [0.15, 0.2) is 18.2 Å². The molecule has 2 rings (SSSR count). The lowest BCUT2D eigenvalue weighted by Crippen LogP contribution is -2.48. The third-order valence-electron chi connectivity index (χ3n) is 4.12. The lowest BCUT2D eigenvalue weighted by Gasteiger charge is -2.33. The number of hydrogen-bond acceptors (Lipinski definition) is 5. The van der Waals surface area contributed by atoms with Crippen molar-refractivity contribution >= 4 is 11.9 Å². The maximum atomic E-state index is 13.5. The van der Waals surface area contributed by atoms with Gasteiger partial charge in [0.25, 0.3) is 5.91 Å². The van der Waals surface area contributed by atoms with Gasteiger partial charge in [0, 0.05) is 26.2 Å². The summed E-state index contributed by atoms with van der Waals surface area (Å²) in [5, 5.41) is 2.71. The fourth-order valence-corrected chi connectivity index (χ4v) is 2.80. The van der Waals surface area contributed by atoms with Gasteiger partial charge >= 0.3 is 5.97 Å². The lowest BCUT2D eigenvalue weighted by atomic mass is 10.1. The Bertz CT molecular complexity index is 636. The van der Waals surface area contributed by atoms with Crippen molar-refractivity contribution in [2.75, 3.05) is 39.4 Å². The Labute approximate surface area is 153 Å². The summed E-state index contributed by atoms with van der Waals surface area (Å²) in [5.41, 5.74) is 0.527. The van der Waals surface area contributed by atoms with Crippen LogP contribution in [0.5, 0.6) is 0 Å². The number of esters is 1. The number of morpholine rings is 1. The molecule has 1 heterocycles. The molecule has 0 bridgehead atoms. The van der Waals surface area contributed by atoms with E-state index in [9.17, 15) is 14.0 Å². The van der Waals surface area contributed by atoms with Crippen LogP contribution in [0.4, 0.5) is 4.39 Å². The van der Waals surface area contributed by atoms with E-state index in [2.05, 4.69) is 24.1 Å². The highest BCUT2D eigenvalue weighted by Gasteiger charge is 2.21. The van der Waals surface area contributed by atoms with Gasteiger partial charge in [0.2, 0.25) is 0 Å². The highest BCUT2D eigenvalue weighted by Crippen LogP contribution is 2.10. The fourth-order valence-electron chi connectivity index (χ4n) is 2.80. The zero-order chi connectivity index (χ0) is 19.1. The molecule has 1 saturated heterocycles. The molecule has 1 fully saturated rings. The van der Waals surface area contributed by atoms with Gasteiger partial charge in [-0.1, -0.05) is 19.9 Å². The summed E-state index contributed by atoms with van der Waals surface area (Å²) in [5.74, 6) is -1.04. The second-order valence-corrected chi connectivity index (χ2v) is 6.99. The van der Waals surface area contributed by atoms with E-state index < -0.39 is 24.3 Å². The van der Waals surface area contributed by atoms with E-state index in [0.29, 0.717) is 24.6 Å². The molecule has 0 aromatic heterocycles. The van der Waals surface area contributed by atoms with E-state index in [1.807, 2.05) is 0 Å². The SMILES string of the molecule is Cc1ccc(C(=O)OCC(=O)NC[C@@H]2CN(CC(C)C)CCO2)cc1F. The quantitative estimate of drug-likeness (QED) is 0.745. The minimum absolute atomic E-state index is 0.0756. The zero-order valence-corrected chi connectivity index (χ0v) is 15.6. The van der Waals surface area contributed by atoms with E-state index in [0.717, 1.165) is 25.7 Å². The summed E-state index contributed by atoms with van der Waals surface area (Å²) in [6.07, 6.45) is -0.0756. The molecule has 1 amide bonds. The molecule has 1 atom stereocenters. The van der Waals surface area contributed by atoms with Crippen molar-refractivity contribution in [3.05, 3.63) is 35.1 Å². The molecule has 1 aliphatic rings. The van der Waals surface area contributed by atoms with Crippen LogP contribution in [-0.4, -0.2) is 62.3 Å². The first kappa shape index (κ1) is 20.3. The molecule has 0 spiro atoms. The summed E-state index contributed by atoms with van der Waals surface area (Å²) in [6.45, 7) is 9.20. The predicted molar refractivity (Wildman–Crippen MR) is 95.4 cm³/mol. The van der Waals surface area contributed by atoms with E-state index in [4.69, 9.17) is 9.47 Å². The highest BCUT2D eigenvalue weighted by molar-refractivity contribution is 5.91. The molecule has 1 N–H and O–H groups in total. The summed E-state index contributed by atoms with van der Waals surface area (Å²) in [7, 11) is 0. The smallest absolute Gasteiger partial charge is 0.338 e. The number of carbonyl (C=O) groups excluding carboxylic acids is 2. The Balaban J connectivity index is 1.71. The number of carbonyl (C=O) groups is 2. The number of hydrogen-bond donors (Lipinski definition) is 1. The predicted octanol–water partition coefficient (Wildman–Crippen LogP) is 1.76. The highest BCUT2D eigenvalue weighted by atomic mass is 19.1. The minimum atomic E-state index is -0.726. The topological polar surface area (TPSA) is 67.9 Å². The van der Waals surface area contributed by atoms with E-state index in [1.165, 1.54) is 12.1 Å². The number of nitrogens with zero attached hydrogens (tertiary/aromatic N) is 1. The maximum Gasteiger partial charge on any atom is 0.338 e. The van der Waals surface area contributed by atoms with Gasteiger partial charge in [-0.25, -0.2) is 9.18 Å². The van der Waals surface area contributed by atoms with Crippen LogP contribution < -0.4 is 5.32 Å². The van der Waals surface area contributed by atoms with Crippen LogP contribution in [0, 0.1) is 18.7 Å². The van der Waals surface area contributed by atoms with Crippen molar-refractivity contribution in [1.29, 1.82) is 0 Å². The van der Waals surface area contributed by atoms with Crippen LogP contribution in [-0.2, 0) is 14.3 Å². The molecule has 1 aliphatic heterocycles. The van der Waals surface area contributed by atoms with E-state index in [1.54, 1.807) is 6.92 Å². The van der Waals surface area contributed by atoms with Crippen molar-refractivity contribution in [2.24, 2.45) is 5.92 Å². The fraction of sp³-hybridized carbons (Fsp3) is 0.579. The molecular weight excluding hydrogens is 339 g/mol. The largest absolute Gasteiger partial charge is 0.452 e. The number of benzene rings is 1. The normalized spacial score (nSPS) is 18.0. The molecule has 0 saturated carbocycles. The number of aryl methyl sites for hydroxylation is 1. The molecule has 0 radical (unpaired) electrons. The first-order valence-electron chi connectivity index (χ1n) is 8.89. The maximum absolute atomic E-state index is 13.5. The third-order valence-corrected chi connectivity index (χ3v) is 4.12. The molecule has 0 aliphatic carbocycles. The first-order valence-corrected chi connectivity index (χ1v) is 8.89. The first-order chi connectivity index (χ1) is 12.3. The summed E-state index contributed by atoms with van der Waals surface area (Å²) in [6, 6.07) is 4.07. The van der Waals surface area contributed by atoms with Crippen LogP contribution in [0.1, 0.15) is 29.8 Å². The van der Waals surface area contributed by atoms with E-state index in [-0.39, 0.29) is 11.7 Å². The van der Waals surface area contributed by atoms with Gasteiger partial charge in [0.1, 0.15) is 5.82 Å². The number of halogens is 1. The second-order valence-electron chi connectivity index (χ2n) is 6.99. The molecule has 144 valence electrons. The summed E-state index contributed by atoms with van der Waals surface area (Å²) in [4.78, 5) is 26.1. The molecule has 0 unspecified atom stereocenters. The van der Waals surface area contributed by atoms with Gasteiger partial charge in [-0.2, -0.15) is 0 Å². The van der Waals surface area contributed by atoms with Crippen molar-refractivity contribution in [3.63, 3.8) is 0 Å². The van der Waals surface area contributed by atoms with Crippen LogP contribution in [0.25, 0.3) is 0 Å². The molecule has 7 heteroatoms. The zero-order valence-electron chi connectivity index (χ0n) is 15.6. The molecule has 1 aromatic carbocycles.